The first-order valence-electron chi connectivity index (χ1n) is 6.82. The predicted molar refractivity (Wildman–Crippen MR) is 74.7 cm³/mol. The number of methoxy groups -OCH3 is 1. The van der Waals surface area contributed by atoms with Crippen LogP contribution in [0.15, 0.2) is 30.3 Å². The molecule has 104 valence electrons. The molecule has 1 atom stereocenters. The molecule has 1 heterocycles. The van der Waals surface area contributed by atoms with E-state index in [2.05, 4.69) is 34.5 Å². The Hall–Kier alpha value is -1.39. The topological polar surface area (TPSA) is 41.6 Å². The summed E-state index contributed by atoms with van der Waals surface area (Å²) in [5, 5.41) is 2.92. The first kappa shape index (κ1) is 14.0. The molecule has 0 aliphatic carbocycles. The average Bonchev–Trinajstić information content (AvgIpc) is 2.89. The molecule has 1 aromatic rings. The Morgan fingerprint density at radius 1 is 1.42 bits per heavy atom. The Balaban J connectivity index is 1.75. The number of benzene rings is 1. The lowest BCUT2D eigenvalue weighted by atomic mass is 10.1. The number of carbonyl (C=O) groups excluding carboxylic acids is 1. The highest BCUT2D eigenvalue weighted by Crippen LogP contribution is 2.18. The molecule has 0 spiro atoms. The summed E-state index contributed by atoms with van der Waals surface area (Å²) < 4.78 is 4.93. The maximum Gasteiger partial charge on any atom is 0.224 e. The first-order valence-corrected chi connectivity index (χ1v) is 6.82. The molecule has 1 aromatic carbocycles. The Bertz CT molecular complexity index is 394. The van der Waals surface area contributed by atoms with Gasteiger partial charge in [-0.15, -0.1) is 0 Å². The number of likely N-dealkylation sites (tertiary alicyclic amines) is 1. The van der Waals surface area contributed by atoms with Gasteiger partial charge in [-0.25, -0.2) is 0 Å². The number of hydrogen-bond acceptors (Lipinski definition) is 3. The summed E-state index contributed by atoms with van der Waals surface area (Å²) in [7, 11) is 1.64. The summed E-state index contributed by atoms with van der Waals surface area (Å²) >= 11 is 0. The van der Waals surface area contributed by atoms with E-state index < -0.39 is 0 Å². The van der Waals surface area contributed by atoms with Crippen LogP contribution in [0.25, 0.3) is 0 Å². The van der Waals surface area contributed by atoms with Gasteiger partial charge >= 0.3 is 0 Å². The van der Waals surface area contributed by atoms with Gasteiger partial charge in [0.05, 0.1) is 12.5 Å². The van der Waals surface area contributed by atoms with Gasteiger partial charge in [0, 0.05) is 26.7 Å². The first-order chi connectivity index (χ1) is 9.29. The summed E-state index contributed by atoms with van der Waals surface area (Å²) in [6, 6.07) is 10.4. The van der Waals surface area contributed by atoms with Crippen LogP contribution in [0.4, 0.5) is 0 Å². The van der Waals surface area contributed by atoms with E-state index in [1.54, 1.807) is 7.11 Å². The molecule has 0 bridgehead atoms. The molecule has 0 radical (unpaired) electrons. The van der Waals surface area contributed by atoms with Gasteiger partial charge in [0.2, 0.25) is 5.91 Å². The van der Waals surface area contributed by atoms with Crippen LogP contribution >= 0.6 is 0 Å². The molecule has 0 saturated carbocycles. The van der Waals surface area contributed by atoms with Gasteiger partial charge in [-0.1, -0.05) is 30.3 Å². The summed E-state index contributed by atoms with van der Waals surface area (Å²) in [5.74, 6) is 0.285. The van der Waals surface area contributed by atoms with Gasteiger partial charge in [-0.2, -0.15) is 0 Å². The lowest BCUT2D eigenvalue weighted by molar-refractivity contribution is -0.124. The molecule has 1 N–H and O–H groups in total. The van der Waals surface area contributed by atoms with E-state index >= 15 is 0 Å². The third kappa shape index (κ3) is 4.33. The van der Waals surface area contributed by atoms with Crippen LogP contribution in [-0.4, -0.2) is 44.2 Å². The average molecular weight is 262 g/mol. The van der Waals surface area contributed by atoms with E-state index in [-0.39, 0.29) is 11.8 Å². The van der Waals surface area contributed by atoms with Crippen molar-refractivity contribution in [3.05, 3.63) is 35.9 Å². The smallest absolute Gasteiger partial charge is 0.224 e. The molecule has 19 heavy (non-hydrogen) atoms. The van der Waals surface area contributed by atoms with Crippen molar-refractivity contribution < 1.29 is 9.53 Å². The zero-order chi connectivity index (χ0) is 13.5. The Morgan fingerprint density at radius 3 is 2.95 bits per heavy atom. The number of rotatable bonds is 6. The van der Waals surface area contributed by atoms with E-state index in [1.165, 1.54) is 5.56 Å². The van der Waals surface area contributed by atoms with Crippen LogP contribution in [0, 0.1) is 5.92 Å². The zero-order valence-electron chi connectivity index (χ0n) is 11.5. The summed E-state index contributed by atoms with van der Waals surface area (Å²) in [6.45, 7) is 3.96. The summed E-state index contributed by atoms with van der Waals surface area (Å²) in [4.78, 5) is 14.3. The van der Waals surface area contributed by atoms with Crippen molar-refractivity contribution in [2.24, 2.45) is 5.92 Å². The van der Waals surface area contributed by atoms with Gasteiger partial charge in [0.25, 0.3) is 0 Å². The molecule has 1 fully saturated rings. The summed E-state index contributed by atoms with van der Waals surface area (Å²) in [6.07, 6.45) is 0.950. The zero-order valence-corrected chi connectivity index (χ0v) is 11.5. The number of carbonyl (C=O) groups is 1. The molecule has 1 amide bonds. The van der Waals surface area contributed by atoms with Crippen molar-refractivity contribution in [1.29, 1.82) is 0 Å². The van der Waals surface area contributed by atoms with E-state index in [0.717, 1.165) is 26.1 Å². The molecular weight excluding hydrogens is 240 g/mol. The quantitative estimate of drug-likeness (QED) is 0.785. The third-order valence-electron chi connectivity index (χ3n) is 3.50. The monoisotopic (exact) mass is 262 g/mol. The van der Waals surface area contributed by atoms with Crippen molar-refractivity contribution in [1.82, 2.24) is 10.2 Å². The van der Waals surface area contributed by atoms with Crippen molar-refractivity contribution in [3.8, 4) is 0 Å². The fourth-order valence-electron chi connectivity index (χ4n) is 2.45. The Kier molecular flexibility index (Phi) is 5.36. The largest absolute Gasteiger partial charge is 0.383 e. The van der Waals surface area contributed by atoms with Crippen LogP contribution < -0.4 is 5.32 Å². The van der Waals surface area contributed by atoms with Crippen LogP contribution in [-0.2, 0) is 16.1 Å². The van der Waals surface area contributed by atoms with E-state index in [1.807, 2.05) is 6.07 Å². The molecular formula is C15H22N2O2. The van der Waals surface area contributed by atoms with Crippen LogP contribution in [0.3, 0.4) is 0 Å². The van der Waals surface area contributed by atoms with Crippen molar-refractivity contribution in [2.75, 3.05) is 33.4 Å². The molecule has 1 aliphatic heterocycles. The SMILES string of the molecule is COCCNC(=O)C1CCN(Cc2ccccc2)C1. The fraction of sp³-hybridized carbons (Fsp3) is 0.533. The molecule has 4 heteroatoms. The lowest BCUT2D eigenvalue weighted by Gasteiger charge is -2.16. The number of nitrogens with zero attached hydrogens (tertiary/aromatic N) is 1. The van der Waals surface area contributed by atoms with Gasteiger partial charge in [-0.05, 0) is 18.5 Å². The normalized spacial score (nSPS) is 19.5. The number of ether oxygens (including phenoxy) is 1. The standard InChI is InChI=1S/C15H22N2O2/c1-19-10-8-16-15(18)14-7-9-17(12-14)11-13-5-3-2-4-6-13/h2-6,14H,7-12H2,1H3,(H,16,18). The van der Waals surface area contributed by atoms with Crippen molar-refractivity contribution in [3.63, 3.8) is 0 Å². The van der Waals surface area contributed by atoms with Gasteiger partial charge < -0.3 is 10.1 Å². The number of amides is 1. The molecule has 1 saturated heterocycles. The molecule has 4 nitrogen and oxygen atoms in total. The third-order valence-corrected chi connectivity index (χ3v) is 3.50. The van der Waals surface area contributed by atoms with Crippen molar-refractivity contribution >= 4 is 5.91 Å². The van der Waals surface area contributed by atoms with E-state index in [9.17, 15) is 4.79 Å². The minimum absolute atomic E-state index is 0.126. The maximum absolute atomic E-state index is 11.9. The molecule has 1 unspecified atom stereocenters. The van der Waals surface area contributed by atoms with Crippen molar-refractivity contribution in [2.45, 2.75) is 13.0 Å². The molecule has 1 aliphatic rings. The highest BCUT2D eigenvalue weighted by Gasteiger charge is 2.27. The van der Waals surface area contributed by atoms with Gasteiger partial charge in [-0.3, -0.25) is 9.69 Å². The molecule has 0 aromatic heterocycles. The van der Waals surface area contributed by atoms with Gasteiger partial charge in [0.1, 0.15) is 0 Å². The van der Waals surface area contributed by atoms with Crippen LogP contribution in [0.5, 0.6) is 0 Å². The maximum atomic E-state index is 11.9. The fourth-order valence-corrected chi connectivity index (χ4v) is 2.45. The van der Waals surface area contributed by atoms with Crippen LogP contribution in [0.2, 0.25) is 0 Å². The lowest BCUT2D eigenvalue weighted by Crippen LogP contribution is -2.34. The second kappa shape index (κ2) is 7.26. The minimum Gasteiger partial charge on any atom is -0.383 e. The number of hydrogen-bond donors (Lipinski definition) is 1. The minimum atomic E-state index is 0.126. The second-order valence-corrected chi connectivity index (χ2v) is 4.99. The number of nitrogens with one attached hydrogen (secondary N) is 1. The van der Waals surface area contributed by atoms with E-state index in [0.29, 0.717) is 13.2 Å². The second-order valence-electron chi connectivity index (χ2n) is 4.99. The highest BCUT2D eigenvalue weighted by atomic mass is 16.5. The van der Waals surface area contributed by atoms with E-state index in [4.69, 9.17) is 4.74 Å². The van der Waals surface area contributed by atoms with Crippen LogP contribution in [0.1, 0.15) is 12.0 Å². The predicted octanol–water partition coefficient (Wildman–Crippen LogP) is 1.27. The highest BCUT2D eigenvalue weighted by molar-refractivity contribution is 5.79. The Labute approximate surface area is 114 Å². The summed E-state index contributed by atoms with van der Waals surface area (Å²) in [5.41, 5.74) is 1.31. The molecule has 2 rings (SSSR count). The van der Waals surface area contributed by atoms with Gasteiger partial charge in [0.15, 0.2) is 0 Å². The Morgan fingerprint density at radius 2 is 2.21 bits per heavy atom.